The second-order valence-corrected chi connectivity index (χ2v) is 6.32. The zero-order valence-electron chi connectivity index (χ0n) is 11.7. The van der Waals surface area contributed by atoms with E-state index in [9.17, 15) is 0 Å². The van der Waals surface area contributed by atoms with Gasteiger partial charge in [0, 0.05) is 29.3 Å². The number of nitrogens with zero attached hydrogens (tertiary/aromatic N) is 2. The van der Waals surface area contributed by atoms with E-state index in [4.69, 9.17) is 11.1 Å². The maximum atomic E-state index is 7.78. The molecule has 5 heteroatoms. The Morgan fingerprint density at radius 3 is 2.63 bits per heavy atom. The molecular formula is C14H21BrN4. The summed E-state index contributed by atoms with van der Waals surface area (Å²) in [6, 6.07) is 6.52. The van der Waals surface area contributed by atoms with E-state index < -0.39 is 0 Å². The maximum Gasteiger partial charge on any atom is 0.126 e. The molecule has 2 rings (SSSR count). The zero-order chi connectivity index (χ0) is 14.2. The van der Waals surface area contributed by atoms with Gasteiger partial charge in [-0.2, -0.15) is 0 Å². The van der Waals surface area contributed by atoms with Gasteiger partial charge < -0.3 is 15.5 Å². The van der Waals surface area contributed by atoms with Crippen LogP contribution in [0, 0.1) is 11.3 Å². The van der Waals surface area contributed by atoms with Gasteiger partial charge in [-0.1, -0.05) is 13.0 Å². The average Bonchev–Trinajstić information content (AvgIpc) is 2.70. The number of nitrogen functional groups attached to an aromatic ring is 1. The SMILES string of the molecule is CC1CN(c2cccc(Br)c2C(=N)N)CC1N(C)C. The monoisotopic (exact) mass is 324 g/mol. The Kier molecular flexibility index (Phi) is 4.16. The molecule has 1 saturated heterocycles. The summed E-state index contributed by atoms with van der Waals surface area (Å²) < 4.78 is 0.887. The van der Waals surface area contributed by atoms with E-state index in [-0.39, 0.29) is 5.84 Å². The number of rotatable bonds is 3. The van der Waals surface area contributed by atoms with Crippen LogP contribution in [0.25, 0.3) is 0 Å². The molecule has 0 saturated carbocycles. The molecule has 1 fully saturated rings. The lowest BCUT2D eigenvalue weighted by Crippen LogP contribution is -2.34. The molecule has 0 spiro atoms. The van der Waals surface area contributed by atoms with Gasteiger partial charge in [0.05, 0.1) is 5.56 Å². The van der Waals surface area contributed by atoms with Crippen molar-refractivity contribution < 1.29 is 0 Å². The molecule has 104 valence electrons. The predicted octanol–water partition coefficient (Wildman–Crippen LogP) is 2.12. The molecule has 0 radical (unpaired) electrons. The summed E-state index contributed by atoms with van der Waals surface area (Å²) >= 11 is 3.50. The lowest BCUT2D eigenvalue weighted by molar-refractivity contribution is 0.266. The Balaban J connectivity index is 2.34. The summed E-state index contributed by atoms with van der Waals surface area (Å²) in [7, 11) is 4.24. The highest BCUT2D eigenvalue weighted by molar-refractivity contribution is 9.10. The molecule has 1 heterocycles. The maximum absolute atomic E-state index is 7.78. The number of halogens is 1. The van der Waals surface area contributed by atoms with Crippen LogP contribution in [0.5, 0.6) is 0 Å². The normalized spacial score (nSPS) is 23.1. The number of likely N-dealkylation sites (N-methyl/N-ethyl adjacent to an activating group) is 1. The highest BCUT2D eigenvalue weighted by atomic mass is 79.9. The summed E-state index contributed by atoms with van der Waals surface area (Å²) in [5.41, 5.74) is 7.58. The van der Waals surface area contributed by atoms with Crippen molar-refractivity contribution >= 4 is 27.5 Å². The van der Waals surface area contributed by atoms with Crippen LogP contribution in [0.2, 0.25) is 0 Å². The number of nitrogens with two attached hydrogens (primary N) is 1. The number of nitrogens with one attached hydrogen (secondary N) is 1. The molecule has 1 aromatic rings. The average molecular weight is 325 g/mol. The van der Waals surface area contributed by atoms with E-state index in [1.54, 1.807) is 0 Å². The van der Waals surface area contributed by atoms with E-state index in [0.29, 0.717) is 12.0 Å². The van der Waals surface area contributed by atoms with Crippen LogP contribution in [0.15, 0.2) is 22.7 Å². The van der Waals surface area contributed by atoms with Crippen LogP contribution in [0.4, 0.5) is 5.69 Å². The second kappa shape index (κ2) is 5.51. The third-order valence-electron chi connectivity index (χ3n) is 3.84. The molecule has 2 unspecified atom stereocenters. The minimum absolute atomic E-state index is 0.114. The highest BCUT2D eigenvalue weighted by Gasteiger charge is 2.32. The number of anilines is 1. The Morgan fingerprint density at radius 2 is 2.11 bits per heavy atom. The topological polar surface area (TPSA) is 56.4 Å². The van der Waals surface area contributed by atoms with Gasteiger partial charge >= 0.3 is 0 Å². The fourth-order valence-electron chi connectivity index (χ4n) is 2.86. The lowest BCUT2D eigenvalue weighted by Gasteiger charge is -2.24. The predicted molar refractivity (Wildman–Crippen MR) is 84.0 cm³/mol. The molecular weight excluding hydrogens is 304 g/mol. The molecule has 1 aromatic carbocycles. The molecule has 1 aliphatic rings. The molecule has 0 amide bonds. The molecule has 2 atom stereocenters. The molecule has 19 heavy (non-hydrogen) atoms. The van der Waals surface area contributed by atoms with Crippen LogP contribution >= 0.6 is 15.9 Å². The number of hydrogen-bond acceptors (Lipinski definition) is 3. The standard InChI is InChI=1S/C14H21BrN4/c1-9-7-19(8-12(9)18(2)3)11-6-4-5-10(15)13(11)14(16)17/h4-6,9,12H,7-8H2,1-3H3,(H3,16,17). The molecule has 0 aromatic heterocycles. The van der Waals surface area contributed by atoms with Crippen LogP contribution in [-0.2, 0) is 0 Å². The van der Waals surface area contributed by atoms with Crippen LogP contribution < -0.4 is 10.6 Å². The summed E-state index contributed by atoms with van der Waals surface area (Å²) in [5.74, 6) is 0.720. The summed E-state index contributed by atoms with van der Waals surface area (Å²) in [5, 5.41) is 7.78. The van der Waals surface area contributed by atoms with Crippen molar-refractivity contribution in [2.75, 3.05) is 32.1 Å². The van der Waals surface area contributed by atoms with E-state index >= 15 is 0 Å². The zero-order valence-corrected chi connectivity index (χ0v) is 13.2. The van der Waals surface area contributed by atoms with E-state index in [1.165, 1.54) is 0 Å². The van der Waals surface area contributed by atoms with Crippen LogP contribution in [0.1, 0.15) is 12.5 Å². The van der Waals surface area contributed by atoms with Gasteiger partial charge in [-0.05, 0) is 48.1 Å². The summed E-state index contributed by atoms with van der Waals surface area (Å²) in [6.45, 7) is 4.25. The third kappa shape index (κ3) is 2.77. The molecule has 3 N–H and O–H groups in total. The van der Waals surface area contributed by atoms with Crippen molar-refractivity contribution in [1.29, 1.82) is 5.41 Å². The number of amidine groups is 1. The van der Waals surface area contributed by atoms with E-state index in [0.717, 1.165) is 28.8 Å². The first-order valence-electron chi connectivity index (χ1n) is 6.46. The summed E-state index contributed by atoms with van der Waals surface area (Å²) in [4.78, 5) is 4.60. The third-order valence-corrected chi connectivity index (χ3v) is 4.50. The van der Waals surface area contributed by atoms with E-state index in [1.807, 2.05) is 18.2 Å². The van der Waals surface area contributed by atoms with Gasteiger partial charge in [0.25, 0.3) is 0 Å². The van der Waals surface area contributed by atoms with Crippen molar-refractivity contribution in [3.8, 4) is 0 Å². The summed E-state index contributed by atoms with van der Waals surface area (Å²) in [6.07, 6.45) is 0. The van der Waals surface area contributed by atoms with Crippen molar-refractivity contribution in [2.45, 2.75) is 13.0 Å². The van der Waals surface area contributed by atoms with E-state index in [2.05, 4.69) is 46.7 Å². The Hall–Kier alpha value is -1.07. The minimum Gasteiger partial charge on any atom is -0.384 e. The van der Waals surface area contributed by atoms with Gasteiger partial charge in [0.1, 0.15) is 5.84 Å². The van der Waals surface area contributed by atoms with Crippen LogP contribution in [0.3, 0.4) is 0 Å². The van der Waals surface area contributed by atoms with Crippen molar-refractivity contribution in [2.24, 2.45) is 11.7 Å². The first kappa shape index (κ1) is 14.3. The molecule has 0 bridgehead atoms. The van der Waals surface area contributed by atoms with Crippen LogP contribution in [-0.4, -0.2) is 44.0 Å². The van der Waals surface area contributed by atoms with Gasteiger partial charge in [-0.25, -0.2) is 0 Å². The fourth-order valence-corrected chi connectivity index (χ4v) is 3.43. The Bertz CT molecular complexity index is 486. The smallest absolute Gasteiger partial charge is 0.126 e. The van der Waals surface area contributed by atoms with Gasteiger partial charge in [-0.15, -0.1) is 0 Å². The number of benzene rings is 1. The quantitative estimate of drug-likeness (QED) is 0.661. The Labute approximate surface area is 123 Å². The minimum atomic E-state index is 0.114. The second-order valence-electron chi connectivity index (χ2n) is 5.46. The number of hydrogen-bond donors (Lipinski definition) is 2. The molecule has 4 nitrogen and oxygen atoms in total. The van der Waals surface area contributed by atoms with Gasteiger partial charge in [-0.3, -0.25) is 5.41 Å². The molecule has 0 aliphatic carbocycles. The largest absolute Gasteiger partial charge is 0.384 e. The first-order valence-corrected chi connectivity index (χ1v) is 7.25. The Morgan fingerprint density at radius 1 is 1.42 bits per heavy atom. The van der Waals surface area contributed by atoms with Gasteiger partial charge in [0.2, 0.25) is 0 Å². The highest BCUT2D eigenvalue weighted by Crippen LogP contribution is 2.32. The van der Waals surface area contributed by atoms with Crippen molar-refractivity contribution in [1.82, 2.24) is 4.90 Å². The lowest BCUT2D eigenvalue weighted by atomic mass is 10.1. The van der Waals surface area contributed by atoms with Crippen molar-refractivity contribution in [3.63, 3.8) is 0 Å². The molecule has 1 aliphatic heterocycles. The van der Waals surface area contributed by atoms with Crippen molar-refractivity contribution in [3.05, 3.63) is 28.2 Å². The van der Waals surface area contributed by atoms with Gasteiger partial charge in [0.15, 0.2) is 0 Å². The first-order chi connectivity index (χ1) is 8.91. The fraction of sp³-hybridized carbons (Fsp3) is 0.500.